The molecule has 0 spiro atoms. The van der Waals surface area contributed by atoms with Gasteiger partial charge in [0.25, 0.3) is 11.7 Å². The lowest BCUT2D eigenvalue weighted by Gasteiger charge is -2.20. The van der Waals surface area contributed by atoms with Crippen LogP contribution in [0.4, 0.5) is 23.8 Å². The number of amides is 2. The first-order valence-electron chi connectivity index (χ1n) is 9.87. The molecular weight excluding hydrogens is 433 g/mol. The minimum Gasteiger partial charge on any atom is -0.488 e. The number of carbonyl (C=O) groups is 2. The van der Waals surface area contributed by atoms with E-state index >= 15 is 4.39 Å². The summed E-state index contributed by atoms with van der Waals surface area (Å²) in [5.74, 6) is -1.21. The van der Waals surface area contributed by atoms with Crippen LogP contribution >= 0.6 is 11.8 Å². The molecule has 7 nitrogen and oxygen atoms in total. The molecule has 2 amide bonds. The number of nitrogens with two attached hydrogens (primary N) is 1. The molecule has 2 aromatic rings. The summed E-state index contributed by atoms with van der Waals surface area (Å²) in [6, 6.07) is 1.92. The van der Waals surface area contributed by atoms with E-state index in [-0.39, 0.29) is 30.3 Å². The summed E-state index contributed by atoms with van der Waals surface area (Å²) in [7, 11) is 0. The maximum absolute atomic E-state index is 15.2. The molecule has 2 atom stereocenters. The van der Waals surface area contributed by atoms with E-state index in [0.29, 0.717) is 29.9 Å². The molecule has 3 heterocycles. The largest absolute Gasteiger partial charge is 0.488 e. The van der Waals surface area contributed by atoms with Crippen LogP contribution in [0.15, 0.2) is 18.3 Å². The Morgan fingerprint density at radius 1 is 1.42 bits per heavy atom. The van der Waals surface area contributed by atoms with Crippen LogP contribution in [0.1, 0.15) is 18.9 Å². The summed E-state index contributed by atoms with van der Waals surface area (Å²) in [5.41, 5.74) is 6.04. The fourth-order valence-electron chi connectivity index (χ4n) is 3.82. The van der Waals surface area contributed by atoms with Crippen molar-refractivity contribution in [2.45, 2.75) is 38.8 Å². The second-order valence-corrected chi connectivity index (χ2v) is 8.41. The highest BCUT2D eigenvalue weighted by Crippen LogP contribution is 2.39. The number of primary amides is 1. The van der Waals surface area contributed by atoms with Crippen molar-refractivity contribution in [2.75, 3.05) is 17.3 Å². The topological polar surface area (TPSA) is 90.4 Å². The van der Waals surface area contributed by atoms with E-state index in [0.717, 1.165) is 16.7 Å². The predicted octanol–water partition coefficient (Wildman–Crippen LogP) is 3.44. The maximum Gasteiger partial charge on any atom is 0.287 e. The van der Waals surface area contributed by atoms with Gasteiger partial charge in [0.2, 0.25) is 5.91 Å². The first-order valence-corrected chi connectivity index (χ1v) is 10.9. The monoisotopic (exact) mass is 454 g/mol. The smallest absolute Gasteiger partial charge is 0.287 e. The summed E-state index contributed by atoms with van der Waals surface area (Å²) < 4.78 is 49.3. The Hall–Kier alpha value is -2.69. The SMILES string of the molecule is CC[C@H](Cc1ccc2c(c1F)OCCn1cc(N3C(=O)SC[C@H]3C(F)F)nc1-2)C(N)=O. The van der Waals surface area contributed by atoms with Crippen molar-refractivity contribution in [3.8, 4) is 17.1 Å². The Balaban J connectivity index is 1.72. The average Bonchev–Trinajstić information content (AvgIpc) is 3.26. The first-order chi connectivity index (χ1) is 14.8. The summed E-state index contributed by atoms with van der Waals surface area (Å²) in [6.45, 7) is 2.24. The molecule has 2 N–H and O–H groups in total. The molecule has 2 aliphatic rings. The van der Waals surface area contributed by atoms with E-state index < -0.39 is 35.3 Å². The van der Waals surface area contributed by atoms with Crippen LogP contribution < -0.4 is 15.4 Å². The van der Waals surface area contributed by atoms with Crippen molar-refractivity contribution in [1.29, 1.82) is 0 Å². The fourth-order valence-corrected chi connectivity index (χ4v) is 4.79. The van der Waals surface area contributed by atoms with Crippen LogP contribution in [-0.2, 0) is 17.8 Å². The van der Waals surface area contributed by atoms with Gasteiger partial charge in [-0.1, -0.05) is 24.8 Å². The number of imidazole rings is 1. The average molecular weight is 454 g/mol. The molecule has 1 fully saturated rings. The lowest BCUT2D eigenvalue weighted by atomic mass is 9.95. The number of anilines is 1. The lowest BCUT2D eigenvalue weighted by Crippen LogP contribution is -2.38. The number of alkyl halides is 2. The predicted molar refractivity (Wildman–Crippen MR) is 110 cm³/mol. The van der Waals surface area contributed by atoms with Gasteiger partial charge < -0.3 is 15.0 Å². The van der Waals surface area contributed by atoms with Crippen LogP contribution in [0.2, 0.25) is 0 Å². The van der Waals surface area contributed by atoms with Gasteiger partial charge in [-0.05, 0) is 24.5 Å². The van der Waals surface area contributed by atoms with E-state index in [1.165, 1.54) is 6.20 Å². The van der Waals surface area contributed by atoms with E-state index in [1.54, 1.807) is 23.6 Å². The number of hydrogen-bond acceptors (Lipinski definition) is 5. The Labute approximate surface area is 180 Å². The molecule has 2 aliphatic heterocycles. The van der Waals surface area contributed by atoms with E-state index in [2.05, 4.69) is 4.98 Å². The highest BCUT2D eigenvalue weighted by molar-refractivity contribution is 8.14. The summed E-state index contributed by atoms with van der Waals surface area (Å²) in [4.78, 5) is 29.1. The third-order valence-electron chi connectivity index (χ3n) is 5.57. The van der Waals surface area contributed by atoms with Crippen LogP contribution in [-0.4, -0.2) is 45.5 Å². The van der Waals surface area contributed by atoms with Gasteiger partial charge in [-0.25, -0.2) is 18.2 Å². The molecule has 1 aromatic carbocycles. The number of carbonyl (C=O) groups excluding carboxylic acids is 2. The number of aromatic nitrogens is 2. The molecule has 0 radical (unpaired) electrons. The van der Waals surface area contributed by atoms with Crippen molar-refractivity contribution in [2.24, 2.45) is 11.7 Å². The standard InChI is InChI=1S/C20H21F3N4O3S/c1-2-10(18(24)28)7-11-3-4-12-16(15(11)21)30-6-5-26-8-14(25-19(12)26)27-13(17(22)23)9-31-20(27)29/h3-4,8,10,13,17H,2,5-7,9H2,1H3,(H2,24,28)/t10-,13+/m1/s1. The highest BCUT2D eigenvalue weighted by Gasteiger charge is 2.41. The van der Waals surface area contributed by atoms with Crippen molar-refractivity contribution in [3.05, 3.63) is 29.7 Å². The van der Waals surface area contributed by atoms with Crippen LogP contribution in [0.5, 0.6) is 5.75 Å². The summed E-state index contributed by atoms with van der Waals surface area (Å²) in [6.07, 6.45) is -0.566. The van der Waals surface area contributed by atoms with Gasteiger partial charge in [-0.15, -0.1) is 0 Å². The third-order valence-corrected chi connectivity index (χ3v) is 6.52. The van der Waals surface area contributed by atoms with Gasteiger partial charge in [0.15, 0.2) is 17.4 Å². The third kappa shape index (κ3) is 3.86. The molecule has 0 bridgehead atoms. The summed E-state index contributed by atoms with van der Waals surface area (Å²) >= 11 is 0.822. The zero-order valence-electron chi connectivity index (χ0n) is 16.7. The number of benzene rings is 1. The number of fused-ring (bicyclic) bond motifs is 3. The molecule has 0 aliphatic carbocycles. The highest BCUT2D eigenvalue weighted by atomic mass is 32.2. The lowest BCUT2D eigenvalue weighted by molar-refractivity contribution is -0.121. The number of halogens is 3. The second-order valence-electron chi connectivity index (χ2n) is 7.44. The number of ether oxygens (including phenoxy) is 1. The number of nitrogens with zero attached hydrogens (tertiary/aromatic N) is 3. The maximum atomic E-state index is 15.2. The van der Waals surface area contributed by atoms with Gasteiger partial charge in [0, 0.05) is 17.9 Å². The molecule has 1 aromatic heterocycles. The molecular formula is C20H21F3N4O3S. The van der Waals surface area contributed by atoms with Gasteiger partial charge in [-0.3, -0.25) is 14.5 Å². The van der Waals surface area contributed by atoms with Crippen molar-refractivity contribution in [3.63, 3.8) is 0 Å². The van der Waals surface area contributed by atoms with Gasteiger partial charge in [0.05, 0.1) is 12.1 Å². The molecule has 4 rings (SSSR count). The zero-order chi connectivity index (χ0) is 22.3. The second kappa shape index (κ2) is 8.45. The van der Waals surface area contributed by atoms with Gasteiger partial charge >= 0.3 is 0 Å². The zero-order valence-corrected chi connectivity index (χ0v) is 17.5. The number of rotatable bonds is 6. The number of thioether (sulfide) groups is 1. The first kappa shape index (κ1) is 21.5. The van der Waals surface area contributed by atoms with Crippen LogP contribution in [0.25, 0.3) is 11.4 Å². The molecule has 1 saturated heterocycles. The van der Waals surface area contributed by atoms with Crippen LogP contribution in [0.3, 0.4) is 0 Å². The molecule has 0 unspecified atom stereocenters. The fraction of sp³-hybridized carbons (Fsp3) is 0.450. The minimum atomic E-state index is -2.70. The quantitative estimate of drug-likeness (QED) is 0.722. The Morgan fingerprint density at radius 3 is 2.87 bits per heavy atom. The molecule has 31 heavy (non-hydrogen) atoms. The normalized spacial score (nSPS) is 19.1. The Bertz CT molecular complexity index is 1030. The minimum absolute atomic E-state index is 0.0137. The van der Waals surface area contributed by atoms with Gasteiger partial charge in [-0.2, -0.15) is 0 Å². The van der Waals surface area contributed by atoms with Gasteiger partial charge in [0.1, 0.15) is 18.5 Å². The number of hydrogen-bond donors (Lipinski definition) is 1. The van der Waals surface area contributed by atoms with Crippen LogP contribution in [0, 0.1) is 11.7 Å². The van der Waals surface area contributed by atoms with Crippen molar-refractivity contribution in [1.82, 2.24) is 9.55 Å². The van der Waals surface area contributed by atoms with Crippen molar-refractivity contribution >= 4 is 28.7 Å². The Kier molecular flexibility index (Phi) is 5.87. The van der Waals surface area contributed by atoms with E-state index in [1.807, 2.05) is 0 Å². The van der Waals surface area contributed by atoms with E-state index in [4.69, 9.17) is 10.5 Å². The molecule has 0 saturated carbocycles. The molecule has 166 valence electrons. The molecule has 11 heteroatoms. The van der Waals surface area contributed by atoms with E-state index in [9.17, 15) is 18.4 Å². The van der Waals surface area contributed by atoms with Crippen molar-refractivity contribution < 1.29 is 27.5 Å². The Morgan fingerprint density at radius 2 is 2.19 bits per heavy atom. The summed E-state index contributed by atoms with van der Waals surface area (Å²) in [5, 5.41) is -0.492.